The van der Waals surface area contributed by atoms with Gasteiger partial charge in [0.1, 0.15) is 0 Å². The Bertz CT molecular complexity index is 1560. The molecule has 6 nitrogen and oxygen atoms in total. The molecule has 0 amide bonds. The number of benzene rings is 2. The lowest BCUT2D eigenvalue weighted by Crippen LogP contribution is -2.33. The third-order valence-corrected chi connectivity index (χ3v) is 8.13. The Kier molecular flexibility index (Phi) is 6.91. The molecule has 3 heterocycles. The van der Waals surface area contributed by atoms with Crippen molar-refractivity contribution in [3.63, 3.8) is 0 Å². The lowest BCUT2D eigenvalue weighted by Gasteiger charge is -2.23. The van der Waals surface area contributed by atoms with Crippen molar-refractivity contribution in [1.82, 2.24) is 9.88 Å². The Balaban J connectivity index is 1.65. The van der Waals surface area contributed by atoms with Gasteiger partial charge in [0.15, 0.2) is 5.13 Å². The summed E-state index contributed by atoms with van der Waals surface area (Å²) in [6, 6.07) is 6.71. The van der Waals surface area contributed by atoms with Crippen LogP contribution >= 0.6 is 11.3 Å². The fourth-order valence-corrected chi connectivity index (χ4v) is 5.86. The Morgan fingerprint density at radius 3 is 2.54 bits per heavy atom. The summed E-state index contributed by atoms with van der Waals surface area (Å²) in [5, 5.41) is 20.2. The van der Waals surface area contributed by atoms with E-state index in [0.717, 1.165) is 36.9 Å². The number of nitrogens with zero attached hydrogens (tertiary/aromatic N) is 5. The smallest absolute Gasteiger partial charge is 0.416 e. The fraction of sp³-hybridized carbons (Fsp3) is 0.346. The van der Waals surface area contributed by atoms with Gasteiger partial charge in [-0.1, -0.05) is 23.5 Å². The van der Waals surface area contributed by atoms with Crippen molar-refractivity contribution in [2.75, 3.05) is 32.1 Å². The van der Waals surface area contributed by atoms with Gasteiger partial charge in [-0.2, -0.15) is 41.5 Å². The Hall–Kier alpha value is -3.45. The molecule has 39 heavy (non-hydrogen) atoms. The van der Waals surface area contributed by atoms with Gasteiger partial charge in [-0.25, -0.2) is 0 Å². The third kappa shape index (κ3) is 5.50. The highest BCUT2D eigenvalue weighted by Crippen LogP contribution is 2.41. The number of aromatic hydroxyl groups is 1. The second-order valence-corrected chi connectivity index (χ2v) is 10.6. The first-order valence-corrected chi connectivity index (χ1v) is 12.8. The normalized spacial score (nSPS) is 18.3. The van der Waals surface area contributed by atoms with E-state index in [1.807, 2.05) is 19.0 Å². The molecule has 2 aliphatic rings. The molecule has 1 N–H and O–H groups in total. The predicted molar refractivity (Wildman–Crippen MR) is 136 cm³/mol. The third-order valence-electron chi connectivity index (χ3n) is 6.94. The summed E-state index contributed by atoms with van der Waals surface area (Å²) in [5.74, 6) is -0.359. The van der Waals surface area contributed by atoms with E-state index in [9.17, 15) is 31.4 Å². The molecular weight excluding hydrogens is 544 g/mol. The van der Waals surface area contributed by atoms with Crippen LogP contribution in [0.4, 0.5) is 31.5 Å². The highest BCUT2D eigenvalue weighted by Gasteiger charge is 2.38. The predicted octanol–water partition coefficient (Wildman–Crippen LogP) is 4.44. The number of hydrogen-bond acceptors (Lipinski definition) is 7. The molecule has 1 atom stereocenters. The summed E-state index contributed by atoms with van der Waals surface area (Å²) < 4.78 is 81.7. The maximum Gasteiger partial charge on any atom is 0.416 e. The van der Waals surface area contributed by atoms with Crippen LogP contribution in [0.15, 0.2) is 46.6 Å². The number of likely N-dealkylation sites (tertiary alicyclic amines) is 1. The minimum absolute atomic E-state index is 0.128. The first-order valence-electron chi connectivity index (χ1n) is 11.9. The quantitative estimate of drug-likeness (QED) is 0.464. The molecule has 0 spiro atoms. The van der Waals surface area contributed by atoms with Crippen molar-refractivity contribution in [3.8, 4) is 5.88 Å². The lowest BCUT2D eigenvalue weighted by molar-refractivity contribution is -0.143. The van der Waals surface area contributed by atoms with E-state index in [0.29, 0.717) is 32.9 Å². The maximum absolute atomic E-state index is 14.0. The van der Waals surface area contributed by atoms with Crippen molar-refractivity contribution < 1.29 is 31.4 Å². The number of thiazole rings is 1. The van der Waals surface area contributed by atoms with Crippen LogP contribution in [-0.2, 0) is 18.8 Å². The molecule has 1 aromatic heterocycles. The van der Waals surface area contributed by atoms with Gasteiger partial charge in [0.25, 0.3) is 0 Å². The van der Waals surface area contributed by atoms with Gasteiger partial charge in [0.2, 0.25) is 5.88 Å². The van der Waals surface area contributed by atoms with Gasteiger partial charge >= 0.3 is 12.4 Å². The van der Waals surface area contributed by atoms with Gasteiger partial charge in [-0.05, 0) is 60.6 Å². The summed E-state index contributed by atoms with van der Waals surface area (Å²) in [6.45, 7) is 1.68. The number of likely N-dealkylation sites (N-methyl/N-ethyl adjacent to an activating group) is 2. The number of anilines is 1. The number of rotatable bonds is 5. The molecule has 0 bridgehead atoms. The Morgan fingerprint density at radius 2 is 1.87 bits per heavy atom. The molecule has 0 aliphatic carbocycles. The van der Waals surface area contributed by atoms with Crippen LogP contribution in [0.2, 0.25) is 0 Å². The number of alkyl halides is 6. The molecule has 2 aromatic carbocycles. The standard InChI is InChI=1S/C26H23F6N5OS/c1-36-8-7-18(13-36)37(2)24-34-23(38)22(39-24)19(14-4-6-21-16(9-14)12-33-35-21)10-15-3-5-17(25(27,28)29)11-20(15)26(30,31)32/h3-6,9,11-12,18,38H,7-8,10,13H2,1-2H3. The van der Waals surface area contributed by atoms with Gasteiger partial charge in [-0.15, -0.1) is 0 Å². The topological polar surface area (TPSA) is 64.3 Å². The molecule has 1 saturated heterocycles. The van der Waals surface area contributed by atoms with Crippen molar-refractivity contribution in [2.24, 2.45) is 10.2 Å². The lowest BCUT2D eigenvalue weighted by atomic mass is 9.94. The first-order chi connectivity index (χ1) is 18.3. The molecule has 1 unspecified atom stereocenters. The molecule has 0 saturated carbocycles. The first kappa shape index (κ1) is 27.1. The monoisotopic (exact) mass is 567 g/mol. The van der Waals surface area contributed by atoms with Crippen LogP contribution < -0.4 is 15.5 Å². The van der Waals surface area contributed by atoms with E-state index in [-0.39, 0.29) is 28.4 Å². The average molecular weight is 568 g/mol. The van der Waals surface area contributed by atoms with Crippen molar-refractivity contribution in [3.05, 3.63) is 74.1 Å². The highest BCUT2D eigenvalue weighted by atomic mass is 32.1. The Labute approximate surface area is 223 Å². The second kappa shape index (κ2) is 9.94. The molecule has 0 radical (unpaired) electrons. The number of fused-ring (bicyclic) bond motifs is 1. The summed E-state index contributed by atoms with van der Waals surface area (Å²) in [6.07, 6.45) is -7.98. The minimum atomic E-state index is -5.03. The maximum atomic E-state index is 14.0. The molecule has 206 valence electrons. The highest BCUT2D eigenvalue weighted by molar-refractivity contribution is 7.17. The van der Waals surface area contributed by atoms with Crippen LogP contribution in [0.1, 0.15) is 33.6 Å². The summed E-state index contributed by atoms with van der Waals surface area (Å²) in [4.78, 5) is 8.64. The number of hydrogen-bond donors (Lipinski definition) is 1. The van der Waals surface area contributed by atoms with Crippen molar-refractivity contribution in [2.45, 2.75) is 31.2 Å². The zero-order chi connectivity index (χ0) is 28.1. The zero-order valence-electron chi connectivity index (χ0n) is 20.8. The van der Waals surface area contributed by atoms with Crippen LogP contribution in [0.3, 0.4) is 0 Å². The molecule has 2 aliphatic heterocycles. The molecular formula is C26H23F6N5OS. The van der Waals surface area contributed by atoms with Crippen molar-refractivity contribution in [1.29, 1.82) is 0 Å². The van der Waals surface area contributed by atoms with Crippen LogP contribution in [0, 0.1) is 0 Å². The molecule has 5 rings (SSSR count). The zero-order valence-corrected chi connectivity index (χ0v) is 21.6. The van der Waals surface area contributed by atoms with E-state index in [1.165, 1.54) is 6.21 Å². The van der Waals surface area contributed by atoms with E-state index in [2.05, 4.69) is 20.1 Å². The van der Waals surface area contributed by atoms with Gasteiger partial charge in [0.05, 0.1) is 27.6 Å². The van der Waals surface area contributed by atoms with E-state index < -0.39 is 29.9 Å². The van der Waals surface area contributed by atoms with Crippen LogP contribution in [0.5, 0.6) is 5.88 Å². The molecule has 1 fully saturated rings. The summed E-state index contributed by atoms with van der Waals surface area (Å²) in [5.41, 5.74) is -2.21. The SMILES string of the molecule is CN1CCC(N(C)c2nc(O)c(C(Cc3ccc(C(F)(F)F)cc3C(F)(F)F)=c3ccc4c(c3)C=NN=4)s2)C1. The fourth-order valence-electron chi connectivity index (χ4n) is 4.80. The Morgan fingerprint density at radius 1 is 1.10 bits per heavy atom. The second-order valence-electron chi connectivity index (χ2n) is 9.61. The number of halogens is 6. The molecule has 3 aromatic rings. The summed E-state index contributed by atoms with van der Waals surface area (Å²) >= 11 is 1.12. The largest absolute Gasteiger partial charge is 0.492 e. The average Bonchev–Trinajstić information content (AvgIpc) is 3.60. The summed E-state index contributed by atoms with van der Waals surface area (Å²) in [7, 11) is 3.84. The van der Waals surface area contributed by atoms with Gasteiger partial charge < -0.3 is 14.9 Å². The minimum Gasteiger partial charge on any atom is -0.492 e. The van der Waals surface area contributed by atoms with Crippen molar-refractivity contribution >= 4 is 28.3 Å². The van der Waals surface area contributed by atoms with Gasteiger partial charge in [-0.3, -0.25) is 0 Å². The number of aromatic nitrogens is 1. The van der Waals surface area contributed by atoms with E-state index in [1.54, 1.807) is 18.2 Å². The molecule has 13 heteroatoms. The van der Waals surface area contributed by atoms with Gasteiger partial charge in [0, 0.05) is 31.6 Å². The van der Waals surface area contributed by atoms with E-state index in [4.69, 9.17) is 0 Å². The van der Waals surface area contributed by atoms with E-state index >= 15 is 0 Å². The van der Waals surface area contributed by atoms with Crippen LogP contribution in [0.25, 0.3) is 5.57 Å². The van der Waals surface area contributed by atoms with Crippen LogP contribution in [-0.4, -0.2) is 54.4 Å².